The number of benzene rings is 2. The second-order valence-electron chi connectivity index (χ2n) is 7.28. The molecule has 1 fully saturated rings. The van der Waals surface area contributed by atoms with Crippen LogP contribution in [0.4, 0.5) is 5.69 Å². The molecule has 0 bridgehead atoms. The maximum absolute atomic E-state index is 12.3. The number of carbonyl (C=O) groups is 3. The Morgan fingerprint density at radius 1 is 1.17 bits per heavy atom. The Bertz CT molecular complexity index is 927. The summed E-state index contributed by atoms with van der Waals surface area (Å²) in [7, 11) is 0. The van der Waals surface area contributed by atoms with E-state index in [9.17, 15) is 14.4 Å². The fourth-order valence-electron chi connectivity index (χ4n) is 3.20. The number of anilines is 1. The first-order valence-corrected chi connectivity index (χ1v) is 10.2. The Kier molecular flexibility index (Phi) is 6.69. The smallest absolute Gasteiger partial charge is 0.311 e. The van der Waals surface area contributed by atoms with Crippen molar-refractivity contribution in [3.63, 3.8) is 0 Å². The molecule has 1 saturated heterocycles. The Morgan fingerprint density at radius 2 is 1.90 bits per heavy atom. The summed E-state index contributed by atoms with van der Waals surface area (Å²) < 4.78 is 6.06. The van der Waals surface area contributed by atoms with Gasteiger partial charge in [-0.2, -0.15) is 0 Å². The van der Waals surface area contributed by atoms with Crippen LogP contribution in [-0.4, -0.2) is 35.8 Å². The minimum Gasteiger partial charge on any atom is -0.455 e. The van der Waals surface area contributed by atoms with Gasteiger partial charge in [-0.15, -0.1) is 0 Å². The monoisotopic (exact) mass is 458 g/mol. The zero-order valence-corrected chi connectivity index (χ0v) is 18.0. The number of nitrogens with one attached hydrogen (secondary N) is 1. The van der Waals surface area contributed by atoms with Crippen molar-refractivity contribution in [3.05, 3.63) is 63.6 Å². The maximum atomic E-state index is 12.3. The van der Waals surface area contributed by atoms with Gasteiger partial charge in [0.15, 0.2) is 6.61 Å². The van der Waals surface area contributed by atoms with Gasteiger partial charge >= 0.3 is 5.97 Å². The van der Waals surface area contributed by atoms with E-state index in [1.54, 1.807) is 11.0 Å². The lowest BCUT2D eigenvalue weighted by Crippen LogP contribution is -2.28. The van der Waals surface area contributed by atoms with Gasteiger partial charge in [0.05, 0.1) is 5.92 Å². The van der Waals surface area contributed by atoms with E-state index in [0.717, 1.165) is 21.2 Å². The topological polar surface area (TPSA) is 75.7 Å². The van der Waals surface area contributed by atoms with Crippen molar-refractivity contribution in [2.24, 2.45) is 5.92 Å². The molecule has 0 spiro atoms. The van der Waals surface area contributed by atoms with Gasteiger partial charge in [-0.25, -0.2) is 0 Å². The van der Waals surface area contributed by atoms with Crippen LogP contribution in [0.25, 0.3) is 0 Å². The number of halogens is 1. The summed E-state index contributed by atoms with van der Waals surface area (Å²) in [5.41, 5.74) is 3.73. The Labute approximate surface area is 178 Å². The van der Waals surface area contributed by atoms with Crippen LogP contribution in [-0.2, 0) is 25.7 Å². The van der Waals surface area contributed by atoms with E-state index < -0.39 is 17.8 Å². The average molecular weight is 459 g/mol. The molecule has 6 nitrogen and oxygen atoms in total. The van der Waals surface area contributed by atoms with Crippen molar-refractivity contribution < 1.29 is 19.1 Å². The highest BCUT2D eigenvalue weighted by Gasteiger charge is 2.35. The molecular formula is C22H23BrN2O4. The fraction of sp³-hybridized carbons (Fsp3) is 0.318. The Balaban J connectivity index is 1.48. The molecule has 7 heteroatoms. The average Bonchev–Trinajstić information content (AvgIpc) is 3.04. The van der Waals surface area contributed by atoms with Crippen LogP contribution in [0.5, 0.6) is 0 Å². The molecule has 2 aromatic rings. The molecule has 0 aliphatic carbocycles. The number of esters is 1. The van der Waals surface area contributed by atoms with Crippen molar-refractivity contribution in [2.75, 3.05) is 18.5 Å². The number of likely N-dealkylation sites (tertiary alicyclic amines) is 1. The van der Waals surface area contributed by atoms with Crippen molar-refractivity contribution in [1.29, 1.82) is 0 Å². The first-order chi connectivity index (χ1) is 13.8. The number of hydrogen-bond donors (Lipinski definition) is 1. The molecule has 1 N–H and O–H groups in total. The minimum atomic E-state index is -0.546. The number of nitrogens with zero attached hydrogens (tertiary/aromatic N) is 1. The van der Waals surface area contributed by atoms with Gasteiger partial charge in [-0.05, 0) is 43.2 Å². The van der Waals surface area contributed by atoms with Gasteiger partial charge in [0.2, 0.25) is 5.91 Å². The Hall–Kier alpha value is -2.67. The molecular weight excluding hydrogens is 436 g/mol. The number of rotatable bonds is 6. The highest BCUT2D eigenvalue weighted by atomic mass is 79.9. The summed E-state index contributed by atoms with van der Waals surface area (Å²) in [4.78, 5) is 38.3. The molecule has 3 rings (SSSR count). The number of aryl methyl sites for hydroxylation is 2. The summed E-state index contributed by atoms with van der Waals surface area (Å²) >= 11 is 3.37. The fourth-order valence-corrected chi connectivity index (χ4v) is 3.68. The zero-order chi connectivity index (χ0) is 21.0. The second-order valence-corrected chi connectivity index (χ2v) is 8.19. The largest absolute Gasteiger partial charge is 0.455 e. The molecule has 0 radical (unpaired) electrons. The van der Waals surface area contributed by atoms with Gasteiger partial charge in [0.25, 0.3) is 5.91 Å². The van der Waals surface area contributed by atoms with Crippen LogP contribution in [0.3, 0.4) is 0 Å². The summed E-state index contributed by atoms with van der Waals surface area (Å²) in [6.07, 6.45) is 0.109. The first kappa shape index (κ1) is 21.0. The van der Waals surface area contributed by atoms with E-state index in [4.69, 9.17) is 4.74 Å². The second kappa shape index (κ2) is 9.22. The highest BCUT2D eigenvalue weighted by Crippen LogP contribution is 2.22. The maximum Gasteiger partial charge on any atom is 0.311 e. The van der Waals surface area contributed by atoms with Crippen LogP contribution in [0.2, 0.25) is 0 Å². The minimum absolute atomic E-state index is 0.0811. The summed E-state index contributed by atoms with van der Waals surface area (Å²) in [6, 6.07) is 13.4. The summed E-state index contributed by atoms with van der Waals surface area (Å²) in [6.45, 7) is 4.27. The zero-order valence-electron chi connectivity index (χ0n) is 16.4. The van der Waals surface area contributed by atoms with Crippen LogP contribution < -0.4 is 5.32 Å². The molecule has 1 unspecified atom stereocenters. The normalized spacial score (nSPS) is 16.0. The number of ether oxygens (including phenoxy) is 1. The van der Waals surface area contributed by atoms with Crippen molar-refractivity contribution in [2.45, 2.75) is 26.8 Å². The van der Waals surface area contributed by atoms with Crippen LogP contribution in [0.15, 0.2) is 46.9 Å². The van der Waals surface area contributed by atoms with Crippen LogP contribution >= 0.6 is 15.9 Å². The quantitative estimate of drug-likeness (QED) is 0.670. The van der Waals surface area contributed by atoms with Crippen molar-refractivity contribution in [1.82, 2.24) is 4.90 Å². The van der Waals surface area contributed by atoms with E-state index in [1.807, 2.05) is 50.2 Å². The molecule has 1 aliphatic heterocycles. The standard InChI is InChI=1S/C22H23BrN2O4/c1-14-3-5-16(6-4-14)11-25-12-17(10-21(25)27)22(28)29-13-20(26)24-19-8-7-18(23)9-15(19)2/h3-9,17H,10-13H2,1-2H3,(H,24,26). The predicted octanol–water partition coefficient (Wildman–Crippen LogP) is 3.60. The molecule has 2 aromatic carbocycles. The summed E-state index contributed by atoms with van der Waals surface area (Å²) in [5.74, 6) is -1.56. The third-order valence-electron chi connectivity index (χ3n) is 4.85. The number of carbonyl (C=O) groups excluding carboxylic acids is 3. The lowest BCUT2D eigenvalue weighted by Gasteiger charge is -2.16. The van der Waals surface area contributed by atoms with Gasteiger partial charge in [0.1, 0.15) is 0 Å². The van der Waals surface area contributed by atoms with E-state index in [0.29, 0.717) is 18.8 Å². The van der Waals surface area contributed by atoms with E-state index in [1.165, 1.54) is 0 Å². The first-order valence-electron chi connectivity index (χ1n) is 9.38. The highest BCUT2D eigenvalue weighted by molar-refractivity contribution is 9.10. The molecule has 29 heavy (non-hydrogen) atoms. The van der Waals surface area contributed by atoms with E-state index in [-0.39, 0.29) is 18.9 Å². The lowest BCUT2D eigenvalue weighted by atomic mass is 10.1. The molecule has 1 heterocycles. The number of hydrogen-bond acceptors (Lipinski definition) is 4. The van der Waals surface area contributed by atoms with Crippen LogP contribution in [0, 0.1) is 19.8 Å². The molecule has 0 saturated carbocycles. The Morgan fingerprint density at radius 3 is 2.59 bits per heavy atom. The predicted molar refractivity (Wildman–Crippen MR) is 113 cm³/mol. The molecule has 1 aliphatic rings. The summed E-state index contributed by atoms with van der Waals surface area (Å²) in [5, 5.41) is 2.72. The third-order valence-corrected chi connectivity index (χ3v) is 5.34. The molecule has 152 valence electrons. The van der Waals surface area contributed by atoms with Gasteiger partial charge in [-0.3, -0.25) is 14.4 Å². The molecule has 0 aromatic heterocycles. The van der Waals surface area contributed by atoms with Crippen molar-refractivity contribution in [3.8, 4) is 0 Å². The molecule has 1 atom stereocenters. The van der Waals surface area contributed by atoms with Crippen LogP contribution in [0.1, 0.15) is 23.1 Å². The van der Waals surface area contributed by atoms with Gasteiger partial charge < -0.3 is 15.0 Å². The van der Waals surface area contributed by atoms with Gasteiger partial charge in [0, 0.05) is 29.7 Å². The number of amides is 2. The van der Waals surface area contributed by atoms with E-state index in [2.05, 4.69) is 21.2 Å². The van der Waals surface area contributed by atoms with Gasteiger partial charge in [-0.1, -0.05) is 45.8 Å². The van der Waals surface area contributed by atoms with Crippen molar-refractivity contribution >= 4 is 39.4 Å². The lowest BCUT2D eigenvalue weighted by molar-refractivity contribution is -0.151. The molecule has 2 amide bonds. The third kappa shape index (κ3) is 5.67. The SMILES string of the molecule is Cc1ccc(CN2CC(C(=O)OCC(=O)Nc3ccc(Br)cc3C)CC2=O)cc1. The van der Waals surface area contributed by atoms with E-state index >= 15 is 0 Å².